The van der Waals surface area contributed by atoms with Crippen LogP contribution in [-0.4, -0.2) is 21.3 Å². The molecule has 0 saturated carbocycles. The molecule has 1 N–H and O–H groups in total. The Morgan fingerprint density at radius 2 is 2.33 bits per heavy atom. The summed E-state index contributed by atoms with van der Waals surface area (Å²) in [4.78, 5) is 11.9. The monoisotopic (exact) mass is 261 g/mol. The molecule has 92 valence electrons. The zero-order valence-electron chi connectivity index (χ0n) is 9.50. The first kappa shape index (κ1) is 11.2. The molecule has 5 nitrogen and oxygen atoms in total. The van der Waals surface area contributed by atoms with Gasteiger partial charge < -0.3 is 10.1 Å². The molecular weight excluding hydrogens is 250 g/mol. The van der Waals surface area contributed by atoms with Crippen molar-refractivity contribution < 1.29 is 9.53 Å². The highest BCUT2D eigenvalue weighted by Gasteiger charge is 2.23. The molecule has 1 aliphatic heterocycles. The van der Waals surface area contributed by atoms with Crippen LogP contribution in [-0.2, 0) is 0 Å². The number of ether oxygens (including phenoxy) is 1. The number of carbonyl (C=O) groups is 1. The molecule has 0 bridgehead atoms. The topological polar surface area (TPSA) is 64.1 Å². The molecule has 1 aliphatic rings. The van der Waals surface area contributed by atoms with Crippen molar-refractivity contribution in [2.45, 2.75) is 12.5 Å². The molecule has 1 aromatic carbocycles. The van der Waals surface area contributed by atoms with E-state index in [1.54, 1.807) is 0 Å². The molecule has 2 aromatic rings. The van der Waals surface area contributed by atoms with Crippen molar-refractivity contribution in [3.05, 3.63) is 41.7 Å². The molecule has 0 unspecified atom stereocenters. The average Bonchev–Trinajstić information content (AvgIpc) is 2.93. The molecule has 6 heteroatoms. The first-order valence-electron chi connectivity index (χ1n) is 5.65. The first-order chi connectivity index (χ1) is 8.84. The van der Waals surface area contributed by atoms with Crippen LogP contribution in [0.5, 0.6) is 5.75 Å². The van der Waals surface area contributed by atoms with Gasteiger partial charge in [0.2, 0.25) is 0 Å². The van der Waals surface area contributed by atoms with E-state index in [0.717, 1.165) is 29.5 Å². The van der Waals surface area contributed by atoms with Gasteiger partial charge in [-0.2, -0.15) is 8.75 Å². The molecule has 0 fully saturated rings. The first-order valence-corrected chi connectivity index (χ1v) is 6.38. The third kappa shape index (κ3) is 2.06. The van der Waals surface area contributed by atoms with Gasteiger partial charge in [0.1, 0.15) is 5.75 Å². The van der Waals surface area contributed by atoms with Crippen molar-refractivity contribution in [1.82, 2.24) is 14.1 Å². The van der Waals surface area contributed by atoms with Gasteiger partial charge in [-0.15, -0.1) is 0 Å². The average molecular weight is 261 g/mol. The lowest BCUT2D eigenvalue weighted by Crippen LogP contribution is -2.32. The summed E-state index contributed by atoms with van der Waals surface area (Å²) in [6.07, 6.45) is 2.24. The van der Waals surface area contributed by atoms with E-state index in [9.17, 15) is 4.79 Å². The van der Waals surface area contributed by atoms with Crippen molar-refractivity contribution in [2.24, 2.45) is 0 Å². The number of rotatable bonds is 2. The van der Waals surface area contributed by atoms with Crippen LogP contribution < -0.4 is 10.1 Å². The van der Waals surface area contributed by atoms with E-state index in [1.807, 2.05) is 24.3 Å². The molecule has 18 heavy (non-hydrogen) atoms. The van der Waals surface area contributed by atoms with Crippen molar-refractivity contribution in [1.29, 1.82) is 0 Å². The SMILES string of the molecule is O=C(N[C@H]1CCOc2ccccc21)c1cnsn1. The minimum absolute atomic E-state index is 0.0239. The van der Waals surface area contributed by atoms with E-state index in [1.165, 1.54) is 6.20 Å². The smallest absolute Gasteiger partial charge is 0.273 e. The number of nitrogens with one attached hydrogen (secondary N) is 1. The fraction of sp³-hybridized carbons (Fsp3) is 0.250. The van der Waals surface area contributed by atoms with Crippen molar-refractivity contribution in [3.63, 3.8) is 0 Å². The van der Waals surface area contributed by atoms with Gasteiger partial charge in [0.25, 0.3) is 5.91 Å². The lowest BCUT2D eigenvalue weighted by molar-refractivity contribution is 0.0920. The zero-order valence-corrected chi connectivity index (χ0v) is 10.3. The van der Waals surface area contributed by atoms with Crippen LogP contribution in [0.4, 0.5) is 0 Å². The summed E-state index contributed by atoms with van der Waals surface area (Å²) in [5.74, 6) is 0.649. The molecule has 0 saturated heterocycles. The van der Waals surface area contributed by atoms with Crippen LogP contribution >= 0.6 is 11.7 Å². The van der Waals surface area contributed by atoms with Gasteiger partial charge in [0, 0.05) is 12.0 Å². The highest BCUT2D eigenvalue weighted by Crippen LogP contribution is 2.31. The lowest BCUT2D eigenvalue weighted by atomic mass is 10.0. The lowest BCUT2D eigenvalue weighted by Gasteiger charge is -2.26. The number of amides is 1. The number of para-hydroxylation sites is 1. The molecule has 2 heterocycles. The Kier molecular flexibility index (Phi) is 2.93. The molecule has 1 atom stereocenters. The molecular formula is C12H11N3O2S. The van der Waals surface area contributed by atoms with Crippen LogP contribution in [0.3, 0.4) is 0 Å². The van der Waals surface area contributed by atoms with Crippen LogP contribution in [0.2, 0.25) is 0 Å². The summed E-state index contributed by atoms with van der Waals surface area (Å²) >= 11 is 1.03. The standard InChI is InChI=1S/C12H11N3O2S/c16-12(10-7-13-18-15-10)14-9-5-6-17-11-4-2-1-3-8(9)11/h1-4,7,9H,5-6H2,(H,14,16)/t9-/m0/s1. The maximum Gasteiger partial charge on any atom is 0.273 e. The number of hydrogen-bond acceptors (Lipinski definition) is 5. The molecule has 0 radical (unpaired) electrons. The summed E-state index contributed by atoms with van der Waals surface area (Å²) in [6, 6.07) is 7.73. The molecule has 1 amide bonds. The van der Waals surface area contributed by atoms with Gasteiger partial charge in [-0.25, -0.2) is 0 Å². The third-order valence-corrected chi connectivity index (χ3v) is 3.34. The summed E-state index contributed by atoms with van der Waals surface area (Å²) in [5, 5.41) is 2.96. The minimum atomic E-state index is -0.189. The number of hydrogen-bond donors (Lipinski definition) is 1. The van der Waals surface area contributed by atoms with Gasteiger partial charge in [-0.3, -0.25) is 4.79 Å². The van der Waals surface area contributed by atoms with Crippen LogP contribution in [0, 0.1) is 0 Å². The van der Waals surface area contributed by atoms with Gasteiger partial charge >= 0.3 is 0 Å². The van der Waals surface area contributed by atoms with Gasteiger partial charge in [0.05, 0.1) is 30.6 Å². The van der Waals surface area contributed by atoms with E-state index in [-0.39, 0.29) is 11.9 Å². The second-order valence-electron chi connectivity index (χ2n) is 3.99. The maximum absolute atomic E-state index is 11.9. The Hall–Kier alpha value is -1.95. The van der Waals surface area contributed by atoms with Crippen LogP contribution in [0.15, 0.2) is 30.5 Å². The summed E-state index contributed by atoms with van der Waals surface area (Å²) in [6.45, 7) is 0.608. The Labute approximate surface area is 108 Å². The second kappa shape index (κ2) is 4.73. The fourth-order valence-electron chi connectivity index (χ4n) is 1.99. The molecule has 0 aliphatic carbocycles. The quantitative estimate of drug-likeness (QED) is 0.895. The Morgan fingerprint density at radius 3 is 3.17 bits per heavy atom. The largest absolute Gasteiger partial charge is 0.493 e. The van der Waals surface area contributed by atoms with E-state index in [4.69, 9.17) is 4.74 Å². The second-order valence-corrected chi connectivity index (χ2v) is 4.55. The number of nitrogens with zero attached hydrogens (tertiary/aromatic N) is 2. The van der Waals surface area contributed by atoms with Crippen LogP contribution in [0.1, 0.15) is 28.5 Å². The van der Waals surface area contributed by atoms with E-state index < -0.39 is 0 Å². The Bertz CT molecular complexity index is 556. The predicted molar refractivity (Wildman–Crippen MR) is 66.7 cm³/mol. The molecule has 3 rings (SSSR count). The zero-order chi connectivity index (χ0) is 12.4. The normalized spacial score (nSPS) is 17.7. The van der Waals surface area contributed by atoms with E-state index in [0.29, 0.717) is 12.3 Å². The minimum Gasteiger partial charge on any atom is -0.493 e. The van der Waals surface area contributed by atoms with Gasteiger partial charge in [-0.1, -0.05) is 18.2 Å². The van der Waals surface area contributed by atoms with Crippen molar-refractivity contribution in [3.8, 4) is 5.75 Å². The maximum atomic E-state index is 11.9. The number of benzene rings is 1. The summed E-state index contributed by atoms with van der Waals surface area (Å²) in [5.41, 5.74) is 1.38. The number of aromatic nitrogens is 2. The Balaban J connectivity index is 1.80. The van der Waals surface area contributed by atoms with Gasteiger partial charge in [-0.05, 0) is 6.07 Å². The molecule has 1 aromatic heterocycles. The van der Waals surface area contributed by atoms with E-state index in [2.05, 4.69) is 14.1 Å². The van der Waals surface area contributed by atoms with Crippen LogP contribution in [0.25, 0.3) is 0 Å². The molecule has 0 spiro atoms. The van der Waals surface area contributed by atoms with Crippen molar-refractivity contribution in [2.75, 3.05) is 6.61 Å². The Morgan fingerprint density at radius 1 is 1.44 bits per heavy atom. The highest BCUT2D eigenvalue weighted by molar-refractivity contribution is 6.99. The van der Waals surface area contributed by atoms with Crippen molar-refractivity contribution >= 4 is 17.6 Å². The third-order valence-electron chi connectivity index (χ3n) is 2.86. The predicted octanol–water partition coefficient (Wildman–Crippen LogP) is 1.79. The number of carbonyl (C=O) groups excluding carboxylic acids is 1. The van der Waals surface area contributed by atoms with E-state index >= 15 is 0 Å². The van der Waals surface area contributed by atoms with Gasteiger partial charge in [0.15, 0.2) is 5.69 Å². The summed E-state index contributed by atoms with van der Waals surface area (Å²) in [7, 11) is 0. The highest BCUT2D eigenvalue weighted by atomic mass is 32.1. The number of fused-ring (bicyclic) bond motifs is 1. The fourth-order valence-corrected chi connectivity index (χ4v) is 2.40. The summed E-state index contributed by atoms with van der Waals surface area (Å²) < 4.78 is 13.3.